The molecule has 1 unspecified atom stereocenters. The number of amides is 1. The Kier molecular flexibility index (Phi) is 11.4. The second kappa shape index (κ2) is 13.2. The van der Waals surface area contributed by atoms with Crippen molar-refractivity contribution in [3.63, 3.8) is 0 Å². The molecule has 0 aliphatic carbocycles. The summed E-state index contributed by atoms with van der Waals surface area (Å²) in [6.45, 7) is 9.92. The summed E-state index contributed by atoms with van der Waals surface area (Å²) in [6.07, 6.45) is 8.90. The largest absolute Gasteiger partial charge is 0.480 e. The predicted molar refractivity (Wildman–Crippen MR) is 110 cm³/mol. The third kappa shape index (κ3) is 9.80. The second-order valence-electron chi connectivity index (χ2n) is 7.48. The van der Waals surface area contributed by atoms with Gasteiger partial charge in [0.25, 0.3) is 0 Å². The predicted octanol–water partition coefficient (Wildman–Crippen LogP) is 1.70. The van der Waals surface area contributed by atoms with E-state index < -0.39 is 5.97 Å². The third-order valence-electron chi connectivity index (χ3n) is 5.08. The lowest BCUT2D eigenvalue weighted by Crippen LogP contribution is -2.49. The van der Waals surface area contributed by atoms with Crippen LogP contribution in [0.1, 0.15) is 39.5 Å². The van der Waals surface area contributed by atoms with Crippen LogP contribution in [0.25, 0.3) is 0 Å². The summed E-state index contributed by atoms with van der Waals surface area (Å²) in [6, 6.07) is -0.330. The van der Waals surface area contributed by atoms with Crippen LogP contribution in [0.2, 0.25) is 0 Å². The number of carboxylic acids is 1. The summed E-state index contributed by atoms with van der Waals surface area (Å²) in [5.41, 5.74) is 0. The molecular formula is C21H35N3O4. The fourth-order valence-electron chi connectivity index (χ4n) is 3.46. The maximum absolute atomic E-state index is 12.4. The van der Waals surface area contributed by atoms with Gasteiger partial charge >= 0.3 is 5.97 Å². The summed E-state index contributed by atoms with van der Waals surface area (Å²) < 4.78 is 0. The van der Waals surface area contributed by atoms with Crippen LogP contribution in [0.5, 0.6) is 0 Å². The van der Waals surface area contributed by atoms with Crippen molar-refractivity contribution in [3.8, 4) is 0 Å². The molecule has 2 N–H and O–H groups in total. The zero-order valence-electron chi connectivity index (χ0n) is 17.2. The van der Waals surface area contributed by atoms with Crippen molar-refractivity contribution in [2.75, 3.05) is 39.3 Å². The van der Waals surface area contributed by atoms with Gasteiger partial charge in [-0.05, 0) is 45.6 Å². The van der Waals surface area contributed by atoms with Crippen LogP contribution in [-0.2, 0) is 14.4 Å². The van der Waals surface area contributed by atoms with Crippen LogP contribution in [0, 0.1) is 5.92 Å². The number of carbonyl (C=O) groups excluding carboxylic acids is 2. The first-order valence-electron chi connectivity index (χ1n) is 10.0. The highest BCUT2D eigenvalue weighted by atomic mass is 16.4. The van der Waals surface area contributed by atoms with E-state index in [1.807, 2.05) is 17.9 Å². The smallest absolute Gasteiger partial charge is 0.317 e. The number of nitrogens with zero attached hydrogens (tertiary/aromatic N) is 2. The van der Waals surface area contributed by atoms with E-state index in [2.05, 4.69) is 22.9 Å². The maximum Gasteiger partial charge on any atom is 0.317 e. The molecular weight excluding hydrogens is 358 g/mol. The zero-order chi connectivity index (χ0) is 20.9. The monoisotopic (exact) mass is 393 g/mol. The topological polar surface area (TPSA) is 90.0 Å². The number of Topliss-reactive ketones (excluding diaryl/α,β-unsaturated/α-hetero) is 1. The van der Waals surface area contributed by atoms with Crippen molar-refractivity contribution < 1.29 is 19.5 Å². The minimum absolute atomic E-state index is 0.0256. The van der Waals surface area contributed by atoms with Crippen LogP contribution in [0.4, 0.5) is 0 Å². The molecule has 0 aromatic rings. The van der Waals surface area contributed by atoms with Gasteiger partial charge in [-0.1, -0.05) is 18.2 Å². The van der Waals surface area contributed by atoms with Crippen LogP contribution in [0.3, 0.4) is 0 Å². The van der Waals surface area contributed by atoms with E-state index in [1.165, 1.54) is 0 Å². The highest BCUT2D eigenvalue weighted by Crippen LogP contribution is 2.19. The molecule has 7 nitrogen and oxygen atoms in total. The van der Waals surface area contributed by atoms with Gasteiger partial charge in [0.15, 0.2) is 0 Å². The standard InChI is InChI=1S/C21H35N3O4/c1-4-10-22-21(28)18(3)24-12-9-19(15-17(2)25)8-6-5-7-11-23(13-14-24)16-20(26)27/h4-5,7,18-19H,1,6,8-16H2,2-3H3,(H,22,28)(H,26,27)/b7-5+/t18-,19?/m1/s1. The van der Waals surface area contributed by atoms with E-state index in [9.17, 15) is 14.4 Å². The molecule has 1 aliphatic heterocycles. The van der Waals surface area contributed by atoms with Gasteiger partial charge in [-0.15, -0.1) is 6.58 Å². The highest BCUT2D eigenvalue weighted by molar-refractivity contribution is 5.81. The van der Waals surface area contributed by atoms with E-state index >= 15 is 0 Å². The number of aliphatic carboxylic acids is 1. The highest BCUT2D eigenvalue weighted by Gasteiger charge is 2.23. The minimum Gasteiger partial charge on any atom is -0.480 e. The van der Waals surface area contributed by atoms with Crippen LogP contribution in [-0.4, -0.2) is 77.9 Å². The Labute approximate surface area is 168 Å². The Morgan fingerprint density at radius 1 is 1.25 bits per heavy atom. The van der Waals surface area contributed by atoms with Crippen LogP contribution < -0.4 is 5.32 Å². The summed E-state index contributed by atoms with van der Waals surface area (Å²) in [7, 11) is 0. The van der Waals surface area contributed by atoms with E-state index in [1.54, 1.807) is 13.0 Å². The first kappa shape index (κ1) is 24.0. The van der Waals surface area contributed by atoms with Gasteiger partial charge < -0.3 is 15.2 Å². The third-order valence-corrected chi connectivity index (χ3v) is 5.08. The molecule has 1 aliphatic rings. The average Bonchev–Trinajstić information content (AvgIpc) is 2.62. The van der Waals surface area contributed by atoms with Gasteiger partial charge in [-0.3, -0.25) is 19.4 Å². The van der Waals surface area contributed by atoms with E-state index in [0.29, 0.717) is 45.1 Å². The Hall–Kier alpha value is -1.99. The number of carboxylic acid groups (broad SMARTS) is 1. The zero-order valence-corrected chi connectivity index (χ0v) is 17.2. The number of hydrogen-bond donors (Lipinski definition) is 2. The molecule has 28 heavy (non-hydrogen) atoms. The lowest BCUT2D eigenvalue weighted by Gasteiger charge is -2.32. The maximum atomic E-state index is 12.4. The molecule has 0 aromatic heterocycles. The van der Waals surface area contributed by atoms with Gasteiger partial charge in [0, 0.05) is 32.6 Å². The fraction of sp³-hybridized carbons (Fsp3) is 0.667. The Morgan fingerprint density at radius 2 is 2.00 bits per heavy atom. The summed E-state index contributed by atoms with van der Waals surface area (Å²) in [4.78, 5) is 39.1. The first-order valence-corrected chi connectivity index (χ1v) is 10.0. The Bertz CT molecular complexity index is 562. The molecule has 7 heteroatoms. The van der Waals surface area contributed by atoms with E-state index in [-0.39, 0.29) is 24.3 Å². The molecule has 0 saturated carbocycles. The number of rotatable bonds is 8. The van der Waals surface area contributed by atoms with Gasteiger partial charge in [-0.25, -0.2) is 0 Å². The summed E-state index contributed by atoms with van der Waals surface area (Å²) >= 11 is 0. The van der Waals surface area contributed by atoms with Gasteiger partial charge in [0.1, 0.15) is 5.78 Å². The lowest BCUT2D eigenvalue weighted by atomic mass is 9.93. The van der Waals surface area contributed by atoms with Gasteiger partial charge in [0.2, 0.25) is 5.91 Å². The number of nitrogens with one attached hydrogen (secondary N) is 1. The molecule has 0 fully saturated rings. The summed E-state index contributed by atoms with van der Waals surface area (Å²) in [5, 5.41) is 12.0. The molecule has 2 atom stereocenters. The van der Waals surface area contributed by atoms with E-state index in [4.69, 9.17) is 5.11 Å². The molecule has 0 spiro atoms. The molecule has 1 rings (SSSR count). The van der Waals surface area contributed by atoms with Crippen molar-refractivity contribution in [3.05, 3.63) is 24.8 Å². The molecule has 0 aromatic carbocycles. The number of carbonyl (C=O) groups is 3. The van der Waals surface area contributed by atoms with Gasteiger partial charge in [-0.2, -0.15) is 0 Å². The average molecular weight is 394 g/mol. The van der Waals surface area contributed by atoms with Crippen LogP contribution in [0.15, 0.2) is 24.8 Å². The molecule has 0 bridgehead atoms. The number of ketones is 1. The van der Waals surface area contributed by atoms with Crippen molar-refractivity contribution >= 4 is 17.7 Å². The Balaban J connectivity index is 2.89. The van der Waals surface area contributed by atoms with Crippen molar-refractivity contribution in [1.29, 1.82) is 0 Å². The van der Waals surface area contributed by atoms with Crippen molar-refractivity contribution in [1.82, 2.24) is 15.1 Å². The quantitative estimate of drug-likeness (QED) is 0.610. The summed E-state index contributed by atoms with van der Waals surface area (Å²) in [5.74, 6) is -0.440. The fourth-order valence-corrected chi connectivity index (χ4v) is 3.46. The number of hydrogen-bond acceptors (Lipinski definition) is 5. The second-order valence-corrected chi connectivity index (χ2v) is 7.48. The number of allylic oxidation sites excluding steroid dienone is 1. The molecule has 1 amide bonds. The molecule has 158 valence electrons. The molecule has 1 heterocycles. The van der Waals surface area contributed by atoms with Crippen molar-refractivity contribution in [2.45, 2.75) is 45.6 Å². The molecule has 0 saturated heterocycles. The Morgan fingerprint density at radius 3 is 2.64 bits per heavy atom. The van der Waals surface area contributed by atoms with Crippen LogP contribution >= 0.6 is 0 Å². The molecule has 0 radical (unpaired) electrons. The van der Waals surface area contributed by atoms with Crippen molar-refractivity contribution in [2.24, 2.45) is 5.92 Å². The van der Waals surface area contributed by atoms with E-state index in [0.717, 1.165) is 19.3 Å². The minimum atomic E-state index is -0.856. The SMILES string of the molecule is C=CCNC(=O)[C@@H](C)N1CCC(CC(C)=O)CC/C=C/CN(CC(=O)O)CC1. The first-order chi connectivity index (χ1) is 13.3. The van der Waals surface area contributed by atoms with Gasteiger partial charge in [0.05, 0.1) is 12.6 Å². The normalized spacial score (nSPS) is 22.3. The lowest BCUT2D eigenvalue weighted by molar-refractivity contribution is -0.138.